The molecule has 4 aromatic rings. The maximum absolute atomic E-state index is 12.8. The Labute approximate surface area is 195 Å². The van der Waals surface area contributed by atoms with Crippen molar-refractivity contribution in [1.82, 2.24) is 9.97 Å². The van der Waals surface area contributed by atoms with Crippen LogP contribution in [-0.2, 0) is 4.79 Å². The number of carbonyl (C=O) groups excluding carboxylic acids is 1. The summed E-state index contributed by atoms with van der Waals surface area (Å²) >= 11 is 2.67. The number of benzene rings is 2. The van der Waals surface area contributed by atoms with Crippen LogP contribution in [0.5, 0.6) is 0 Å². The van der Waals surface area contributed by atoms with Crippen molar-refractivity contribution >= 4 is 44.9 Å². The number of aryl methyl sites for hydroxylation is 2. The quantitative estimate of drug-likeness (QED) is 0.267. The topological polar surface area (TPSA) is 74.8 Å². The normalized spacial score (nSPS) is 11.3. The maximum atomic E-state index is 12.8. The van der Waals surface area contributed by atoms with Crippen LogP contribution < -0.4 is 10.9 Å². The van der Waals surface area contributed by atoms with Gasteiger partial charge in [-0.05, 0) is 48.1 Å². The van der Waals surface area contributed by atoms with Gasteiger partial charge in [-0.15, -0.1) is 11.3 Å². The van der Waals surface area contributed by atoms with Gasteiger partial charge in [0, 0.05) is 16.6 Å². The Morgan fingerprint density at radius 3 is 2.62 bits per heavy atom. The molecule has 1 amide bonds. The molecule has 0 aliphatic rings. The van der Waals surface area contributed by atoms with Gasteiger partial charge in [-0.3, -0.25) is 9.59 Å². The van der Waals surface area contributed by atoms with Crippen molar-refractivity contribution in [1.29, 1.82) is 0 Å². The number of thioether (sulfide) groups is 1. The third-order valence-electron chi connectivity index (χ3n) is 5.32. The number of hydrogen-bond donors (Lipinski definition) is 2. The minimum absolute atomic E-state index is 0.136. The van der Waals surface area contributed by atoms with Crippen LogP contribution in [0.4, 0.5) is 5.69 Å². The Morgan fingerprint density at radius 1 is 1.16 bits per heavy atom. The maximum Gasteiger partial charge on any atom is 0.260 e. The first-order valence-corrected chi connectivity index (χ1v) is 12.3. The molecule has 2 N–H and O–H groups in total. The summed E-state index contributed by atoms with van der Waals surface area (Å²) in [6, 6.07) is 14.2. The molecule has 0 saturated carbocycles. The van der Waals surface area contributed by atoms with Gasteiger partial charge in [0.05, 0.1) is 11.1 Å². The summed E-state index contributed by atoms with van der Waals surface area (Å²) in [5.74, 6) is 0.486. The standard InChI is InChI=1S/C25H25N3O2S2/c1-14(2)17-7-9-18(10-8-17)19-12-31-24-22(19)23(30)27-25(28-24)32-13-21(29)26-20-11-15(3)5-6-16(20)4/h5-12,14H,13H2,1-4H3,(H,26,29)(H,27,28,30). The first-order chi connectivity index (χ1) is 15.3. The fraction of sp³-hybridized carbons (Fsp3) is 0.240. The minimum atomic E-state index is -0.184. The van der Waals surface area contributed by atoms with Crippen LogP contribution in [0.2, 0.25) is 0 Å². The molecule has 0 bridgehead atoms. The molecule has 0 atom stereocenters. The number of fused-ring (bicyclic) bond motifs is 1. The van der Waals surface area contributed by atoms with Gasteiger partial charge in [0.1, 0.15) is 4.83 Å². The molecule has 164 valence electrons. The first kappa shape index (κ1) is 22.3. The molecule has 0 spiro atoms. The van der Waals surface area contributed by atoms with Crippen molar-refractivity contribution in [2.45, 2.75) is 38.8 Å². The summed E-state index contributed by atoms with van der Waals surface area (Å²) in [4.78, 5) is 33.4. The average Bonchev–Trinajstić information content (AvgIpc) is 3.19. The van der Waals surface area contributed by atoms with E-state index in [4.69, 9.17) is 0 Å². The zero-order valence-corrected chi connectivity index (χ0v) is 20.1. The lowest BCUT2D eigenvalue weighted by Gasteiger charge is -2.09. The van der Waals surface area contributed by atoms with Gasteiger partial charge in [0.25, 0.3) is 5.56 Å². The van der Waals surface area contributed by atoms with Crippen LogP contribution >= 0.6 is 23.1 Å². The largest absolute Gasteiger partial charge is 0.325 e. The fourth-order valence-corrected chi connectivity index (χ4v) is 5.11. The second kappa shape index (κ2) is 9.30. The van der Waals surface area contributed by atoms with Crippen LogP contribution in [0.15, 0.2) is 57.8 Å². The van der Waals surface area contributed by atoms with E-state index in [0.29, 0.717) is 21.3 Å². The van der Waals surface area contributed by atoms with Crippen molar-refractivity contribution in [2.24, 2.45) is 0 Å². The van der Waals surface area contributed by atoms with E-state index in [2.05, 4.69) is 53.4 Å². The van der Waals surface area contributed by atoms with Crippen LogP contribution in [0.1, 0.15) is 36.5 Å². The highest BCUT2D eigenvalue weighted by atomic mass is 32.2. The number of anilines is 1. The van der Waals surface area contributed by atoms with E-state index in [-0.39, 0.29) is 17.2 Å². The van der Waals surface area contributed by atoms with Gasteiger partial charge in [-0.1, -0.05) is 62.0 Å². The summed E-state index contributed by atoms with van der Waals surface area (Å²) in [6.07, 6.45) is 0. The Hall–Kier alpha value is -2.90. The van der Waals surface area contributed by atoms with Crippen molar-refractivity contribution in [3.63, 3.8) is 0 Å². The van der Waals surface area contributed by atoms with Gasteiger partial charge in [-0.25, -0.2) is 4.98 Å². The predicted octanol–water partition coefficient (Wildman–Crippen LogP) is 6.12. The molecular formula is C25H25N3O2S2. The van der Waals surface area contributed by atoms with Crippen molar-refractivity contribution < 1.29 is 4.79 Å². The Morgan fingerprint density at radius 2 is 1.91 bits per heavy atom. The lowest BCUT2D eigenvalue weighted by molar-refractivity contribution is -0.113. The summed E-state index contributed by atoms with van der Waals surface area (Å²) < 4.78 is 0. The highest BCUT2D eigenvalue weighted by Crippen LogP contribution is 2.32. The molecule has 0 unspecified atom stereocenters. The van der Waals surface area contributed by atoms with Crippen molar-refractivity contribution in [3.05, 3.63) is 74.9 Å². The third-order valence-corrected chi connectivity index (χ3v) is 7.06. The number of amides is 1. The molecule has 0 saturated heterocycles. The summed E-state index contributed by atoms with van der Waals surface area (Å²) in [6.45, 7) is 8.26. The number of aromatic nitrogens is 2. The lowest BCUT2D eigenvalue weighted by atomic mass is 9.99. The fourth-order valence-electron chi connectivity index (χ4n) is 3.45. The monoisotopic (exact) mass is 463 g/mol. The number of nitrogens with zero attached hydrogens (tertiary/aromatic N) is 1. The number of aromatic amines is 1. The number of rotatable bonds is 6. The number of nitrogens with one attached hydrogen (secondary N) is 2. The molecule has 7 heteroatoms. The number of H-pyrrole nitrogens is 1. The van der Waals surface area contributed by atoms with E-state index < -0.39 is 0 Å². The van der Waals surface area contributed by atoms with Crippen LogP contribution in [0, 0.1) is 13.8 Å². The predicted molar refractivity (Wildman–Crippen MR) is 135 cm³/mol. The highest BCUT2D eigenvalue weighted by molar-refractivity contribution is 7.99. The van der Waals surface area contributed by atoms with Gasteiger partial charge < -0.3 is 10.3 Å². The minimum Gasteiger partial charge on any atom is -0.325 e. The van der Waals surface area contributed by atoms with E-state index in [1.807, 2.05) is 37.4 Å². The molecule has 32 heavy (non-hydrogen) atoms. The molecular weight excluding hydrogens is 438 g/mol. The molecule has 2 aromatic heterocycles. The number of carbonyl (C=O) groups is 1. The summed E-state index contributed by atoms with van der Waals surface area (Å²) in [7, 11) is 0. The molecule has 0 radical (unpaired) electrons. The second-order valence-corrected chi connectivity index (χ2v) is 9.95. The van der Waals surface area contributed by atoms with Crippen LogP contribution in [-0.4, -0.2) is 21.6 Å². The molecule has 2 aromatic carbocycles. The molecule has 4 rings (SSSR count). The highest BCUT2D eigenvalue weighted by Gasteiger charge is 2.14. The van der Waals surface area contributed by atoms with E-state index in [1.54, 1.807) is 0 Å². The smallest absolute Gasteiger partial charge is 0.260 e. The van der Waals surface area contributed by atoms with Gasteiger partial charge >= 0.3 is 0 Å². The average molecular weight is 464 g/mol. The van der Waals surface area contributed by atoms with Crippen LogP contribution in [0.3, 0.4) is 0 Å². The van der Waals surface area contributed by atoms with Gasteiger partial charge in [0.15, 0.2) is 5.16 Å². The van der Waals surface area contributed by atoms with Crippen molar-refractivity contribution in [2.75, 3.05) is 11.1 Å². The Kier molecular flexibility index (Phi) is 6.48. The molecule has 0 aliphatic carbocycles. The van der Waals surface area contributed by atoms with Crippen LogP contribution in [0.25, 0.3) is 21.3 Å². The van der Waals surface area contributed by atoms with Gasteiger partial charge in [0.2, 0.25) is 5.91 Å². The van der Waals surface area contributed by atoms with Gasteiger partial charge in [-0.2, -0.15) is 0 Å². The third kappa shape index (κ3) is 4.79. The summed E-state index contributed by atoms with van der Waals surface area (Å²) in [5.41, 5.74) is 5.87. The van der Waals surface area contributed by atoms with E-state index in [1.165, 1.54) is 28.7 Å². The molecule has 5 nitrogen and oxygen atoms in total. The molecule has 0 fully saturated rings. The Balaban J connectivity index is 1.51. The zero-order chi connectivity index (χ0) is 22.8. The lowest BCUT2D eigenvalue weighted by Crippen LogP contribution is -2.16. The first-order valence-electron chi connectivity index (χ1n) is 10.4. The van der Waals surface area contributed by atoms with E-state index >= 15 is 0 Å². The van der Waals surface area contributed by atoms with E-state index in [9.17, 15) is 9.59 Å². The molecule has 2 heterocycles. The van der Waals surface area contributed by atoms with Crippen molar-refractivity contribution in [3.8, 4) is 11.1 Å². The number of thiophene rings is 1. The Bertz CT molecular complexity index is 1340. The SMILES string of the molecule is Cc1ccc(C)c(NC(=O)CSc2nc3scc(-c4ccc(C(C)C)cc4)c3c(=O)[nH]2)c1. The second-order valence-electron chi connectivity index (χ2n) is 8.13. The van der Waals surface area contributed by atoms with E-state index in [0.717, 1.165) is 27.9 Å². The number of hydrogen-bond acceptors (Lipinski definition) is 5. The molecule has 0 aliphatic heterocycles. The summed E-state index contributed by atoms with van der Waals surface area (Å²) in [5, 5.41) is 5.95. The zero-order valence-electron chi connectivity index (χ0n) is 18.5.